The molecule has 2 atom stereocenters. The number of rotatable bonds is 7. The molecule has 1 aromatic carbocycles. The van der Waals surface area contributed by atoms with Gasteiger partial charge >= 0.3 is 0 Å². The molecule has 1 saturated heterocycles. The van der Waals surface area contributed by atoms with Crippen molar-refractivity contribution in [1.82, 2.24) is 25.7 Å². The summed E-state index contributed by atoms with van der Waals surface area (Å²) in [5, 5.41) is 10.9. The molecule has 2 unspecified atom stereocenters. The third-order valence-electron chi connectivity index (χ3n) is 5.13. The number of guanidine groups is 1. The van der Waals surface area contributed by atoms with E-state index in [-0.39, 0.29) is 29.9 Å². The number of likely N-dealkylation sites (tertiary alicyclic amines) is 1. The maximum absolute atomic E-state index is 5.29. The van der Waals surface area contributed by atoms with Crippen molar-refractivity contribution >= 4 is 29.9 Å². The summed E-state index contributed by atoms with van der Waals surface area (Å²) in [6, 6.07) is 11.6. The highest BCUT2D eigenvalue weighted by Crippen LogP contribution is 2.20. The molecule has 0 radical (unpaired) electrons. The Hall–Kier alpha value is -1.68. The van der Waals surface area contributed by atoms with Crippen LogP contribution in [0, 0.1) is 0 Å². The normalized spacial score (nSPS) is 20.0. The Morgan fingerprint density at radius 3 is 2.72 bits per heavy atom. The maximum Gasteiger partial charge on any atom is 0.228 e. The average molecular weight is 512 g/mol. The Labute approximate surface area is 190 Å². The van der Waals surface area contributed by atoms with Crippen molar-refractivity contribution in [1.29, 1.82) is 0 Å². The molecule has 1 aromatic heterocycles. The summed E-state index contributed by atoms with van der Waals surface area (Å²) in [7, 11) is 1.80. The lowest BCUT2D eigenvalue weighted by Gasteiger charge is -2.21. The van der Waals surface area contributed by atoms with Crippen LogP contribution >= 0.6 is 24.0 Å². The van der Waals surface area contributed by atoms with E-state index in [9.17, 15) is 0 Å². The van der Waals surface area contributed by atoms with E-state index in [4.69, 9.17) is 4.52 Å². The lowest BCUT2D eigenvalue weighted by molar-refractivity contribution is 0.258. The standard InChI is InChI=1S/C21H32N6O.HI/c1-15(2)20-25-19(28-26-20)10-11-23-21(22-4)24-18-12-16(3)27(14-18)13-17-8-6-5-7-9-17;/h5-9,15-16,18H,10-14H2,1-4H3,(H2,22,23,24);1H. The van der Waals surface area contributed by atoms with Crippen LogP contribution in [0.1, 0.15) is 50.4 Å². The molecule has 0 aliphatic carbocycles. The number of hydrogen-bond acceptors (Lipinski definition) is 5. The zero-order valence-electron chi connectivity index (χ0n) is 17.8. The van der Waals surface area contributed by atoms with Crippen molar-refractivity contribution in [2.75, 3.05) is 20.1 Å². The van der Waals surface area contributed by atoms with Gasteiger partial charge < -0.3 is 15.2 Å². The number of nitrogens with one attached hydrogen (secondary N) is 2. The third-order valence-corrected chi connectivity index (χ3v) is 5.13. The number of nitrogens with zero attached hydrogens (tertiary/aromatic N) is 4. The largest absolute Gasteiger partial charge is 0.356 e. The highest BCUT2D eigenvalue weighted by atomic mass is 127. The van der Waals surface area contributed by atoms with Crippen molar-refractivity contribution in [3.8, 4) is 0 Å². The summed E-state index contributed by atoms with van der Waals surface area (Å²) < 4.78 is 5.29. The minimum Gasteiger partial charge on any atom is -0.356 e. The number of halogens is 1. The van der Waals surface area contributed by atoms with Gasteiger partial charge in [-0.05, 0) is 18.9 Å². The van der Waals surface area contributed by atoms with E-state index in [2.05, 4.69) is 81.8 Å². The van der Waals surface area contributed by atoms with Gasteiger partial charge in [0.1, 0.15) is 0 Å². The van der Waals surface area contributed by atoms with Crippen molar-refractivity contribution in [3.05, 3.63) is 47.6 Å². The molecule has 0 bridgehead atoms. The van der Waals surface area contributed by atoms with Crippen LogP contribution in [0.2, 0.25) is 0 Å². The molecule has 160 valence electrons. The number of aromatic nitrogens is 2. The lowest BCUT2D eigenvalue weighted by atomic mass is 10.2. The second-order valence-corrected chi connectivity index (χ2v) is 7.79. The van der Waals surface area contributed by atoms with Gasteiger partial charge in [0, 0.05) is 51.1 Å². The van der Waals surface area contributed by atoms with E-state index in [0.717, 1.165) is 31.3 Å². The summed E-state index contributed by atoms with van der Waals surface area (Å²) in [4.78, 5) is 11.3. The highest BCUT2D eigenvalue weighted by molar-refractivity contribution is 14.0. The Morgan fingerprint density at radius 1 is 1.31 bits per heavy atom. The van der Waals surface area contributed by atoms with Gasteiger partial charge in [0.25, 0.3) is 0 Å². The Balaban J connectivity index is 0.00000300. The summed E-state index contributed by atoms with van der Waals surface area (Å²) in [5.41, 5.74) is 1.36. The van der Waals surface area contributed by atoms with Crippen LogP contribution in [0.15, 0.2) is 39.8 Å². The van der Waals surface area contributed by atoms with Crippen LogP contribution in [0.25, 0.3) is 0 Å². The van der Waals surface area contributed by atoms with E-state index in [1.54, 1.807) is 7.05 Å². The predicted molar refractivity (Wildman–Crippen MR) is 127 cm³/mol. The molecule has 0 amide bonds. The van der Waals surface area contributed by atoms with Crippen LogP contribution in [-0.4, -0.2) is 53.2 Å². The van der Waals surface area contributed by atoms with Crippen LogP contribution in [0.5, 0.6) is 0 Å². The number of hydrogen-bond donors (Lipinski definition) is 2. The fourth-order valence-corrected chi connectivity index (χ4v) is 3.52. The van der Waals surface area contributed by atoms with Gasteiger partial charge in [-0.1, -0.05) is 49.3 Å². The van der Waals surface area contributed by atoms with Gasteiger partial charge in [-0.25, -0.2) is 0 Å². The predicted octanol–water partition coefficient (Wildman–Crippen LogP) is 3.18. The quantitative estimate of drug-likeness (QED) is 0.337. The second kappa shape index (κ2) is 11.5. The summed E-state index contributed by atoms with van der Waals surface area (Å²) >= 11 is 0. The first-order chi connectivity index (χ1) is 13.5. The average Bonchev–Trinajstić information content (AvgIpc) is 3.29. The summed E-state index contributed by atoms with van der Waals surface area (Å²) in [6.45, 7) is 9.11. The Kier molecular flexibility index (Phi) is 9.35. The minimum absolute atomic E-state index is 0. The molecule has 0 spiro atoms. The molecular weight excluding hydrogens is 479 g/mol. The Morgan fingerprint density at radius 2 is 2.07 bits per heavy atom. The Bertz CT molecular complexity index is 764. The molecule has 3 rings (SSSR count). The zero-order valence-corrected chi connectivity index (χ0v) is 20.1. The van der Waals surface area contributed by atoms with Gasteiger partial charge in [-0.3, -0.25) is 9.89 Å². The fourth-order valence-electron chi connectivity index (χ4n) is 3.52. The molecule has 1 fully saturated rings. The molecule has 8 heteroatoms. The topological polar surface area (TPSA) is 78.6 Å². The molecular formula is C21H33IN6O. The minimum atomic E-state index is 0. The monoisotopic (exact) mass is 512 g/mol. The van der Waals surface area contributed by atoms with Crippen molar-refractivity contribution in [3.63, 3.8) is 0 Å². The summed E-state index contributed by atoms with van der Waals surface area (Å²) in [5.74, 6) is 2.52. The van der Waals surface area contributed by atoms with E-state index >= 15 is 0 Å². The lowest BCUT2D eigenvalue weighted by Crippen LogP contribution is -2.45. The SMILES string of the molecule is CN=C(NCCc1nc(C(C)C)no1)NC1CC(C)N(Cc2ccccc2)C1.I. The number of benzene rings is 1. The van der Waals surface area contributed by atoms with E-state index in [1.807, 2.05) is 0 Å². The van der Waals surface area contributed by atoms with Crippen LogP contribution in [0.3, 0.4) is 0 Å². The van der Waals surface area contributed by atoms with Gasteiger partial charge in [0.2, 0.25) is 5.89 Å². The van der Waals surface area contributed by atoms with E-state index in [1.165, 1.54) is 5.56 Å². The summed E-state index contributed by atoms with van der Waals surface area (Å²) in [6.07, 6.45) is 1.79. The molecule has 1 aliphatic rings. The first-order valence-electron chi connectivity index (χ1n) is 10.1. The molecule has 0 saturated carbocycles. The second-order valence-electron chi connectivity index (χ2n) is 7.79. The highest BCUT2D eigenvalue weighted by Gasteiger charge is 2.29. The van der Waals surface area contributed by atoms with Gasteiger partial charge in [0.15, 0.2) is 11.8 Å². The molecule has 7 nitrogen and oxygen atoms in total. The van der Waals surface area contributed by atoms with Crippen LogP contribution in [-0.2, 0) is 13.0 Å². The first-order valence-corrected chi connectivity index (χ1v) is 10.1. The van der Waals surface area contributed by atoms with Crippen molar-refractivity contribution in [2.24, 2.45) is 4.99 Å². The third kappa shape index (κ3) is 6.95. The maximum atomic E-state index is 5.29. The first kappa shape index (κ1) is 23.6. The van der Waals surface area contributed by atoms with E-state index in [0.29, 0.717) is 30.9 Å². The number of aliphatic imine (C=N–C) groups is 1. The van der Waals surface area contributed by atoms with Crippen LogP contribution < -0.4 is 10.6 Å². The van der Waals surface area contributed by atoms with Gasteiger partial charge in [-0.2, -0.15) is 4.98 Å². The van der Waals surface area contributed by atoms with Crippen molar-refractivity contribution < 1.29 is 4.52 Å². The molecule has 1 aliphatic heterocycles. The van der Waals surface area contributed by atoms with E-state index < -0.39 is 0 Å². The smallest absolute Gasteiger partial charge is 0.228 e. The molecule has 29 heavy (non-hydrogen) atoms. The zero-order chi connectivity index (χ0) is 19.9. The molecule has 2 heterocycles. The van der Waals surface area contributed by atoms with Gasteiger partial charge in [0.05, 0.1) is 0 Å². The van der Waals surface area contributed by atoms with Gasteiger partial charge in [-0.15, -0.1) is 24.0 Å². The molecule has 2 N–H and O–H groups in total. The molecule has 2 aromatic rings. The fraction of sp³-hybridized carbons (Fsp3) is 0.571. The van der Waals surface area contributed by atoms with Crippen LogP contribution in [0.4, 0.5) is 0 Å². The van der Waals surface area contributed by atoms with Crippen molar-refractivity contribution in [2.45, 2.75) is 58.2 Å².